The van der Waals surface area contributed by atoms with E-state index in [9.17, 15) is 0 Å². The van der Waals surface area contributed by atoms with E-state index in [-0.39, 0.29) is 0 Å². The van der Waals surface area contributed by atoms with Gasteiger partial charge < -0.3 is 15.1 Å². The fourth-order valence-electron chi connectivity index (χ4n) is 3.42. The Hall–Kier alpha value is -0.120. The Morgan fingerprint density at radius 1 is 1.17 bits per heavy atom. The van der Waals surface area contributed by atoms with Crippen molar-refractivity contribution in [2.24, 2.45) is 5.92 Å². The molecule has 3 heteroatoms. The summed E-state index contributed by atoms with van der Waals surface area (Å²) in [5, 5.41) is 3.85. The monoisotopic (exact) mass is 253 g/mol. The molecule has 0 aromatic carbocycles. The quantitative estimate of drug-likeness (QED) is 0.806. The lowest BCUT2D eigenvalue weighted by atomic mass is 9.76. The first-order chi connectivity index (χ1) is 8.72. The summed E-state index contributed by atoms with van der Waals surface area (Å²) in [6.45, 7) is 7.19. The van der Waals surface area contributed by atoms with Crippen LogP contribution in [0.2, 0.25) is 0 Å². The van der Waals surface area contributed by atoms with Gasteiger partial charge in [0.1, 0.15) is 0 Å². The lowest BCUT2D eigenvalue weighted by Crippen LogP contribution is -2.56. The fourth-order valence-corrected chi connectivity index (χ4v) is 3.42. The molecule has 1 N–H and O–H groups in total. The van der Waals surface area contributed by atoms with Crippen LogP contribution in [0.5, 0.6) is 0 Å². The van der Waals surface area contributed by atoms with Gasteiger partial charge in [0, 0.05) is 18.6 Å². The summed E-state index contributed by atoms with van der Waals surface area (Å²) in [4.78, 5) is 5.13. The van der Waals surface area contributed by atoms with Gasteiger partial charge in [0.15, 0.2) is 0 Å². The van der Waals surface area contributed by atoms with Crippen LogP contribution in [0.3, 0.4) is 0 Å². The van der Waals surface area contributed by atoms with Gasteiger partial charge in [0.05, 0.1) is 0 Å². The lowest BCUT2D eigenvalue weighted by molar-refractivity contribution is 0.109. The number of rotatable bonds is 5. The molecule has 0 bridgehead atoms. The molecule has 1 heterocycles. The SMILES string of the molecule is CCCNC(C1CCC1)C1CN(C)CCCN1C. The predicted octanol–water partition coefficient (Wildman–Crippen LogP) is 1.79. The molecule has 1 saturated heterocycles. The normalized spacial score (nSPS) is 29.8. The first kappa shape index (κ1) is 14.3. The van der Waals surface area contributed by atoms with E-state index in [1.54, 1.807) is 0 Å². The second kappa shape index (κ2) is 6.88. The van der Waals surface area contributed by atoms with Crippen molar-refractivity contribution >= 4 is 0 Å². The minimum atomic E-state index is 0.703. The van der Waals surface area contributed by atoms with Gasteiger partial charge in [-0.05, 0) is 65.3 Å². The van der Waals surface area contributed by atoms with E-state index >= 15 is 0 Å². The fraction of sp³-hybridized carbons (Fsp3) is 1.00. The summed E-state index contributed by atoms with van der Waals surface area (Å²) in [5.74, 6) is 0.926. The van der Waals surface area contributed by atoms with E-state index in [4.69, 9.17) is 0 Å². The zero-order chi connectivity index (χ0) is 13.0. The average molecular weight is 253 g/mol. The first-order valence-electron chi connectivity index (χ1n) is 7.84. The molecule has 2 aliphatic rings. The molecule has 1 aliphatic carbocycles. The predicted molar refractivity (Wildman–Crippen MR) is 78.0 cm³/mol. The third kappa shape index (κ3) is 3.46. The number of hydrogen-bond donors (Lipinski definition) is 1. The Morgan fingerprint density at radius 2 is 1.94 bits per heavy atom. The van der Waals surface area contributed by atoms with Gasteiger partial charge in [-0.2, -0.15) is 0 Å². The van der Waals surface area contributed by atoms with Crippen molar-refractivity contribution < 1.29 is 0 Å². The van der Waals surface area contributed by atoms with Crippen LogP contribution < -0.4 is 5.32 Å². The topological polar surface area (TPSA) is 18.5 Å². The Labute approximate surface area is 113 Å². The van der Waals surface area contributed by atoms with Gasteiger partial charge in [-0.1, -0.05) is 13.3 Å². The lowest BCUT2D eigenvalue weighted by Gasteiger charge is -2.43. The molecular formula is C15H31N3. The zero-order valence-electron chi connectivity index (χ0n) is 12.5. The summed E-state index contributed by atoms with van der Waals surface area (Å²) in [7, 11) is 4.60. The molecule has 1 saturated carbocycles. The number of hydrogen-bond acceptors (Lipinski definition) is 3. The molecule has 0 aromatic heterocycles. The van der Waals surface area contributed by atoms with Gasteiger partial charge in [-0.15, -0.1) is 0 Å². The summed E-state index contributed by atoms with van der Waals surface area (Å²) in [6.07, 6.45) is 6.89. The van der Waals surface area contributed by atoms with E-state index in [1.807, 2.05) is 0 Å². The molecule has 2 fully saturated rings. The number of nitrogens with zero attached hydrogens (tertiary/aromatic N) is 2. The highest BCUT2D eigenvalue weighted by Crippen LogP contribution is 2.32. The highest BCUT2D eigenvalue weighted by atomic mass is 15.2. The molecule has 1 aliphatic heterocycles. The Kier molecular flexibility index (Phi) is 5.46. The van der Waals surface area contributed by atoms with Gasteiger partial charge in [-0.3, -0.25) is 0 Å². The molecule has 0 aromatic rings. The minimum Gasteiger partial charge on any atom is -0.312 e. The molecule has 18 heavy (non-hydrogen) atoms. The molecule has 0 radical (unpaired) electrons. The van der Waals surface area contributed by atoms with Gasteiger partial charge in [0.2, 0.25) is 0 Å². The van der Waals surface area contributed by atoms with E-state index in [0.717, 1.165) is 5.92 Å². The van der Waals surface area contributed by atoms with Crippen LogP contribution in [0.25, 0.3) is 0 Å². The standard InChI is InChI=1S/C15H31N3/c1-4-9-16-15(13-7-5-8-13)14-12-17(2)10-6-11-18(14)3/h13-16H,4-12H2,1-3H3. The highest BCUT2D eigenvalue weighted by molar-refractivity contribution is 4.94. The molecule has 0 amide bonds. The second-order valence-corrected chi connectivity index (χ2v) is 6.33. The van der Waals surface area contributed by atoms with Crippen LogP contribution in [0.4, 0.5) is 0 Å². The minimum absolute atomic E-state index is 0.703. The molecule has 3 nitrogen and oxygen atoms in total. The summed E-state index contributed by atoms with van der Waals surface area (Å²) < 4.78 is 0. The van der Waals surface area contributed by atoms with Gasteiger partial charge in [0.25, 0.3) is 0 Å². The third-order valence-corrected chi connectivity index (χ3v) is 4.82. The molecular weight excluding hydrogens is 222 g/mol. The summed E-state index contributed by atoms with van der Waals surface area (Å²) in [6, 6.07) is 1.42. The average Bonchev–Trinajstić information content (AvgIpc) is 2.44. The van der Waals surface area contributed by atoms with Crippen LogP contribution in [-0.4, -0.2) is 62.2 Å². The van der Waals surface area contributed by atoms with Crippen molar-refractivity contribution in [2.45, 2.75) is 51.1 Å². The van der Waals surface area contributed by atoms with Crippen LogP contribution in [0.1, 0.15) is 39.0 Å². The molecule has 2 rings (SSSR count). The number of likely N-dealkylation sites (N-methyl/N-ethyl adjacent to an activating group) is 2. The van der Waals surface area contributed by atoms with Crippen molar-refractivity contribution in [1.29, 1.82) is 0 Å². The third-order valence-electron chi connectivity index (χ3n) is 4.82. The van der Waals surface area contributed by atoms with E-state index in [2.05, 4.69) is 36.1 Å². The van der Waals surface area contributed by atoms with Crippen molar-refractivity contribution in [3.05, 3.63) is 0 Å². The Bertz CT molecular complexity index is 240. The van der Waals surface area contributed by atoms with Crippen molar-refractivity contribution in [2.75, 3.05) is 40.3 Å². The van der Waals surface area contributed by atoms with Crippen molar-refractivity contribution in [3.63, 3.8) is 0 Å². The van der Waals surface area contributed by atoms with Gasteiger partial charge in [-0.25, -0.2) is 0 Å². The van der Waals surface area contributed by atoms with Gasteiger partial charge >= 0.3 is 0 Å². The van der Waals surface area contributed by atoms with E-state index in [0.29, 0.717) is 12.1 Å². The smallest absolute Gasteiger partial charge is 0.0376 e. The Balaban J connectivity index is 2.00. The van der Waals surface area contributed by atoms with Crippen molar-refractivity contribution in [1.82, 2.24) is 15.1 Å². The van der Waals surface area contributed by atoms with Crippen molar-refractivity contribution in [3.8, 4) is 0 Å². The summed E-state index contributed by atoms with van der Waals surface area (Å²) >= 11 is 0. The molecule has 2 unspecified atom stereocenters. The highest BCUT2D eigenvalue weighted by Gasteiger charge is 2.36. The van der Waals surface area contributed by atoms with Crippen LogP contribution >= 0.6 is 0 Å². The maximum Gasteiger partial charge on any atom is 0.0376 e. The van der Waals surface area contributed by atoms with Crippen LogP contribution in [-0.2, 0) is 0 Å². The molecule has 106 valence electrons. The maximum absolute atomic E-state index is 3.85. The van der Waals surface area contributed by atoms with Crippen LogP contribution in [0.15, 0.2) is 0 Å². The number of nitrogens with one attached hydrogen (secondary N) is 1. The zero-order valence-corrected chi connectivity index (χ0v) is 12.5. The van der Waals surface area contributed by atoms with Crippen LogP contribution in [0, 0.1) is 5.92 Å². The Morgan fingerprint density at radius 3 is 2.56 bits per heavy atom. The largest absolute Gasteiger partial charge is 0.312 e. The molecule has 0 spiro atoms. The first-order valence-corrected chi connectivity index (χ1v) is 7.84. The van der Waals surface area contributed by atoms with E-state index < -0.39 is 0 Å². The maximum atomic E-state index is 3.85. The molecule has 2 atom stereocenters. The second-order valence-electron chi connectivity index (χ2n) is 6.33. The summed E-state index contributed by atoms with van der Waals surface area (Å²) in [5.41, 5.74) is 0. The van der Waals surface area contributed by atoms with E-state index in [1.165, 1.54) is 58.3 Å².